The Morgan fingerprint density at radius 1 is 0.933 bits per heavy atom. The molecule has 0 aliphatic carbocycles. The van der Waals surface area contributed by atoms with Crippen LogP contribution in [0.1, 0.15) is 44.0 Å². The molecular formula is C24H31NO4Se. The van der Waals surface area contributed by atoms with Crippen LogP contribution in [-0.4, -0.2) is 51.7 Å². The van der Waals surface area contributed by atoms with Gasteiger partial charge in [-0.1, -0.05) is 0 Å². The standard InChI is InChI=1S/C24H31NO4Se/c1-23(2,3)29-17-15-24(22(27)28-4,16-18-30-20-13-9-6-10-14-20)25-21(26)19-11-7-5-8-12-19/h5-14H,15-18H2,1-4H3,(H,25,26)/t24-/m1/s1. The van der Waals surface area contributed by atoms with E-state index in [-0.39, 0.29) is 26.5 Å². The van der Waals surface area contributed by atoms with Crippen LogP contribution in [0.4, 0.5) is 0 Å². The number of carbonyl (C=O) groups excluding carboxylic acids is 2. The monoisotopic (exact) mass is 477 g/mol. The van der Waals surface area contributed by atoms with Crippen molar-refractivity contribution in [2.45, 2.75) is 50.1 Å². The molecule has 2 aromatic rings. The second-order valence-electron chi connectivity index (χ2n) is 8.02. The van der Waals surface area contributed by atoms with Gasteiger partial charge in [-0.15, -0.1) is 0 Å². The first kappa shape index (κ1) is 24.1. The van der Waals surface area contributed by atoms with Gasteiger partial charge >= 0.3 is 186 Å². The zero-order chi connectivity index (χ0) is 22.0. The minimum atomic E-state index is -1.14. The van der Waals surface area contributed by atoms with E-state index in [0.717, 1.165) is 5.32 Å². The molecule has 0 aromatic heterocycles. The number of ether oxygens (including phenoxy) is 2. The van der Waals surface area contributed by atoms with Gasteiger partial charge in [-0.3, -0.25) is 0 Å². The number of amides is 1. The molecule has 0 fully saturated rings. The Balaban J connectivity index is 2.20. The van der Waals surface area contributed by atoms with Gasteiger partial charge in [0.05, 0.1) is 0 Å². The van der Waals surface area contributed by atoms with Crippen LogP contribution in [0.25, 0.3) is 0 Å². The Bertz CT molecular complexity index is 805. The normalized spacial score (nSPS) is 13.3. The second kappa shape index (κ2) is 11.3. The summed E-state index contributed by atoms with van der Waals surface area (Å²) in [5.41, 5.74) is -0.959. The van der Waals surface area contributed by atoms with Crippen LogP contribution >= 0.6 is 0 Å². The molecule has 30 heavy (non-hydrogen) atoms. The molecule has 0 radical (unpaired) electrons. The fourth-order valence-electron chi connectivity index (χ4n) is 2.97. The van der Waals surface area contributed by atoms with Gasteiger partial charge < -0.3 is 0 Å². The van der Waals surface area contributed by atoms with Crippen molar-refractivity contribution in [3.8, 4) is 0 Å². The van der Waals surface area contributed by atoms with Crippen LogP contribution in [-0.2, 0) is 14.3 Å². The van der Waals surface area contributed by atoms with Crippen LogP contribution in [0.3, 0.4) is 0 Å². The maximum atomic E-state index is 12.9. The fourth-order valence-corrected chi connectivity index (χ4v) is 5.14. The molecule has 2 aromatic carbocycles. The average Bonchev–Trinajstić information content (AvgIpc) is 2.73. The van der Waals surface area contributed by atoms with Gasteiger partial charge in [0.1, 0.15) is 0 Å². The van der Waals surface area contributed by atoms with Crippen molar-refractivity contribution >= 4 is 31.3 Å². The van der Waals surface area contributed by atoms with E-state index in [0.29, 0.717) is 25.0 Å². The third kappa shape index (κ3) is 7.60. The fraction of sp³-hybridized carbons (Fsp3) is 0.417. The molecule has 0 unspecified atom stereocenters. The Hall–Kier alpha value is -2.14. The summed E-state index contributed by atoms with van der Waals surface area (Å²) in [7, 11) is 1.36. The van der Waals surface area contributed by atoms with E-state index in [1.807, 2.05) is 45.0 Å². The molecule has 1 N–H and O–H groups in total. The third-order valence-corrected chi connectivity index (χ3v) is 6.70. The van der Waals surface area contributed by atoms with Crippen molar-refractivity contribution in [1.82, 2.24) is 5.32 Å². The van der Waals surface area contributed by atoms with Crippen LogP contribution in [0.2, 0.25) is 5.32 Å². The number of hydrogen-bond acceptors (Lipinski definition) is 4. The summed E-state index contributed by atoms with van der Waals surface area (Å²) in [5, 5.41) is 3.77. The van der Waals surface area contributed by atoms with Gasteiger partial charge in [0.2, 0.25) is 0 Å². The zero-order valence-electron chi connectivity index (χ0n) is 18.1. The summed E-state index contributed by atoms with van der Waals surface area (Å²) in [6.07, 6.45) is 0.834. The number of esters is 1. The summed E-state index contributed by atoms with van der Waals surface area (Å²) >= 11 is 0.183. The van der Waals surface area contributed by atoms with E-state index in [4.69, 9.17) is 9.47 Å². The molecule has 1 amide bonds. The van der Waals surface area contributed by atoms with Gasteiger partial charge in [-0.25, -0.2) is 0 Å². The Morgan fingerprint density at radius 2 is 1.53 bits per heavy atom. The number of carbonyl (C=O) groups is 2. The van der Waals surface area contributed by atoms with Gasteiger partial charge in [-0.2, -0.15) is 0 Å². The van der Waals surface area contributed by atoms with Crippen LogP contribution in [0.15, 0.2) is 60.7 Å². The molecule has 0 aliphatic heterocycles. The van der Waals surface area contributed by atoms with Crippen LogP contribution in [0.5, 0.6) is 0 Å². The molecule has 6 heteroatoms. The van der Waals surface area contributed by atoms with E-state index in [1.165, 1.54) is 11.6 Å². The first-order valence-electron chi connectivity index (χ1n) is 10.0. The quantitative estimate of drug-likeness (QED) is 0.422. The SMILES string of the molecule is COC(=O)[C@@](CCOC(C)(C)C)(CC[Se]c1ccccc1)NC(=O)c1ccccc1. The molecule has 0 heterocycles. The molecule has 5 nitrogen and oxygen atoms in total. The summed E-state index contributed by atoms with van der Waals surface area (Å²) in [5.74, 6) is -0.725. The second-order valence-corrected chi connectivity index (χ2v) is 10.5. The number of methoxy groups -OCH3 is 1. The molecular weight excluding hydrogens is 445 g/mol. The number of rotatable bonds is 10. The minimum absolute atomic E-state index is 0.183. The Morgan fingerprint density at radius 3 is 2.10 bits per heavy atom. The molecule has 0 saturated heterocycles. The van der Waals surface area contributed by atoms with Crippen molar-refractivity contribution in [3.05, 3.63) is 66.2 Å². The van der Waals surface area contributed by atoms with Gasteiger partial charge in [-0.05, 0) is 0 Å². The van der Waals surface area contributed by atoms with E-state index < -0.39 is 11.5 Å². The predicted octanol–water partition coefficient (Wildman–Crippen LogP) is 3.37. The first-order chi connectivity index (χ1) is 14.3. The maximum absolute atomic E-state index is 12.9. The summed E-state index contributed by atoms with van der Waals surface area (Å²) in [6.45, 7) is 6.24. The Labute approximate surface area is 185 Å². The van der Waals surface area contributed by atoms with E-state index >= 15 is 0 Å². The topological polar surface area (TPSA) is 64.6 Å². The molecule has 2 rings (SSSR count). The molecule has 0 spiro atoms. The first-order valence-corrected chi connectivity index (χ1v) is 12.1. The predicted molar refractivity (Wildman–Crippen MR) is 120 cm³/mol. The van der Waals surface area contributed by atoms with Crippen molar-refractivity contribution in [3.63, 3.8) is 0 Å². The molecule has 162 valence electrons. The average molecular weight is 476 g/mol. The van der Waals surface area contributed by atoms with Gasteiger partial charge in [0.25, 0.3) is 0 Å². The van der Waals surface area contributed by atoms with Crippen molar-refractivity contribution in [2.75, 3.05) is 13.7 Å². The van der Waals surface area contributed by atoms with Crippen molar-refractivity contribution < 1.29 is 19.1 Å². The Kier molecular flexibility index (Phi) is 9.09. The summed E-state index contributed by atoms with van der Waals surface area (Å²) < 4.78 is 12.3. The number of hydrogen-bond donors (Lipinski definition) is 1. The third-order valence-electron chi connectivity index (χ3n) is 4.57. The molecule has 1 atom stereocenters. The van der Waals surface area contributed by atoms with Crippen LogP contribution < -0.4 is 9.78 Å². The summed E-state index contributed by atoms with van der Waals surface area (Å²) in [4.78, 5) is 25.8. The zero-order valence-corrected chi connectivity index (χ0v) is 19.9. The van der Waals surface area contributed by atoms with E-state index in [9.17, 15) is 9.59 Å². The van der Waals surface area contributed by atoms with E-state index in [2.05, 4.69) is 17.4 Å². The number of benzene rings is 2. The van der Waals surface area contributed by atoms with E-state index in [1.54, 1.807) is 24.3 Å². The molecule has 0 aliphatic rings. The molecule has 0 bridgehead atoms. The van der Waals surface area contributed by atoms with Gasteiger partial charge in [0, 0.05) is 0 Å². The van der Waals surface area contributed by atoms with Crippen molar-refractivity contribution in [2.24, 2.45) is 0 Å². The molecule has 0 saturated carbocycles. The summed E-state index contributed by atoms with van der Waals surface area (Å²) in [6, 6.07) is 19.1. The van der Waals surface area contributed by atoms with Crippen LogP contribution in [0, 0.1) is 0 Å². The number of nitrogens with one attached hydrogen (secondary N) is 1. The van der Waals surface area contributed by atoms with Gasteiger partial charge in [0.15, 0.2) is 0 Å². The van der Waals surface area contributed by atoms with Crippen molar-refractivity contribution in [1.29, 1.82) is 0 Å².